The van der Waals surface area contributed by atoms with E-state index in [1.54, 1.807) is 36.3 Å². The molecule has 0 aliphatic carbocycles. The Morgan fingerprint density at radius 1 is 1.24 bits per heavy atom. The molecule has 7 nitrogen and oxygen atoms in total. The molecule has 0 atom stereocenters. The third-order valence-corrected chi connectivity index (χ3v) is 5.02. The Bertz CT molecular complexity index is 1130. The second kappa shape index (κ2) is 7.28. The third-order valence-electron chi connectivity index (χ3n) is 4.12. The van der Waals surface area contributed by atoms with Crippen molar-refractivity contribution < 1.29 is 23.0 Å². The first-order valence-electron chi connectivity index (χ1n) is 8.59. The van der Waals surface area contributed by atoms with Crippen LogP contribution in [0.4, 0.5) is 13.6 Å². The van der Waals surface area contributed by atoms with E-state index in [4.69, 9.17) is 0 Å². The van der Waals surface area contributed by atoms with Crippen molar-refractivity contribution in [2.45, 2.75) is 19.8 Å². The number of nitrogens with zero attached hydrogens (tertiary/aromatic N) is 4. The average molecular weight is 418 g/mol. The highest BCUT2D eigenvalue weighted by Crippen LogP contribution is 2.41. The number of hydrogen-bond acceptors (Lipinski definition) is 5. The van der Waals surface area contributed by atoms with Gasteiger partial charge in [0.05, 0.1) is 5.69 Å². The molecule has 1 aromatic carbocycles. The zero-order valence-corrected chi connectivity index (χ0v) is 16.3. The van der Waals surface area contributed by atoms with Crippen molar-refractivity contribution in [2.75, 3.05) is 7.05 Å². The van der Waals surface area contributed by atoms with Gasteiger partial charge in [-0.25, -0.2) is 4.79 Å². The molecule has 3 heterocycles. The van der Waals surface area contributed by atoms with Gasteiger partial charge in [0.1, 0.15) is 0 Å². The first kappa shape index (κ1) is 19.1. The van der Waals surface area contributed by atoms with Gasteiger partial charge in [-0.3, -0.25) is 9.55 Å². The summed E-state index contributed by atoms with van der Waals surface area (Å²) in [4.78, 5) is 23.5. The van der Waals surface area contributed by atoms with E-state index in [0.29, 0.717) is 17.0 Å². The van der Waals surface area contributed by atoms with Gasteiger partial charge in [0.15, 0.2) is 16.3 Å². The van der Waals surface area contributed by atoms with Crippen LogP contribution in [0.2, 0.25) is 0 Å². The summed E-state index contributed by atoms with van der Waals surface area (Å²) in [5.74, 6) is -0.117. The fourth-order valence-electron chi connectivity index (χ4n) is 2.80. The predicted octanol–water partition coefficient (Wildman–Crippen LogP) is 3.72. The molecule has 0 N–H and O–H groups in total. The van der Waals surface area contributed by atoms with Crippen LogP contribution in [0.25, 0.3) is 5.69 Å². The number of pyridine rings is 1. The lowest BCUT2D eigenvalue weighted by molar-refractivity contribution is -0.286. The van der Waals surface area contributed by atoms with E-state index < -0.39 is 12.3 Å². The summed E-state index contributed by atoms with van der Waals surface area (Å²) in [6.07, 6.45) is 1.40. The standard InChI is InChI=1S/C19H16F2N4O3S/c1-12-10-25(14-3-4-15-16(9-14)28-19(20,21)27-15)18(29-12)23-17(26)24(2)11-13-5-7-22-8-6-13/h3-10H,11H2,1-2H3/b23-18-. The summed E-state index contributed by atoms with van der Waals surface area (Å²) in [6.45, 7) is 2.25. The Balaban J connectivity index is 1.63. The van der Waals surface area contributed by atoms with Crippen LogP contribution in [0.3, 0.4) is 0 Å². The van der Waals surface area contributed by atoms with E-state index in [9.17, 15) is 13.6 Å². The van der Waals surface area contributed by atoms with Crippen molar-refractivity contribution in [1.29, 1.82) is 0 Å². The summed E-state index contributed by atoms with van der Waals surface area (Å²) in [6, 6.07) is 7.63. The minimum absolute atomic E-state index is 0.0436. The molecule has 2 aromatic heterocycles. The second-order valence-corrected chi connectivity index (χ2v) is 7.61. The van der Waals surface area contributed by atoms with Crippen LogP contribution in [0.1, 0.15) is 10.4 Å². The number of carbonyl (C=O) groups is 1. The number of halogens is 2. The highest BCUT2D eigenvalue weighted by atomic mass is 32.1. The van der Waals surface area contributed by atoms with E-state index in [1.807, 2.05) is 19.1 Å². The maximum Gasteiger partial charge on any atom is 0.586 e. The molecule has 0 fully saturated rings. The Labute approximate surface area is 168 Å². The lowest BCUT2D eigenvalue weighted by atomic mass is 10.2. The van der Waals surface area contributed by atoms with Gasteiger partial charge in [-0.1, -0.05) is 0 Å². The number of rotatable bonds is 3. The molecule has 1 aliphatic rings. The first-order valence-corrected chi connectivity index (χ1v) is 9.40. The number of benzene rings is 1. The topological polar surface area (TPSA) is 69.0 Å². The van der Waals surface area contributed by atoms with Crippen molar-refractivity contribution in [3.63, 3.8) is 0 Å². The maximum atomic E-state index is 13.3. The van der Waals surface area contributed by atoms with Crippen LogP contribution in [0, 0.1) is 6.92 Å². The highest BCUT2D eigenvalue weighted by Gasteiger charge is 2.43. The smallest absolute Gasteiger partial charge is 0.395 e. The van der Waals surface area contributed by atoms with E-state index in [-0.39, 0.29) is 11.5 Å². The Morgan fingerprint density at radius 2 is 1.97 bits per heavy atom. The summed E-state index contributed by atoms with van der Waals surface area (Å²) in [5.41, 5.74) is 1.45. The fraction of sp³-hybridized carbons (Fsp3) is 0.211. The van der Waals surface area contributed by atoms with E-state index >= 15 is 0 Å². The number of hydrogen-bond donors (Lipinski definition) is 0. The monoisotopic (exact) mass is 418 g/mol. The SMILES string of the molecule is Cc1cn(-c2ccc3c(c2)OC(F)(F)O3)/c(=N/C(=O)N(C)Cc2ccncc2)s1. The number of amides is 2. The van der Waals surface area contributed by atoms with Gasteiger partial charge in [0, 0.05) is 43.1 Å². The number of ether oxygens (including phenoxy) is 2. The second-order valence-electron chi connectivity index (χ2n) is 6.40. The molecule has 3 aromatic rings. The molecule has 0 unspecified atom stereocenters. The molecule has 150 valence electrons. The van der Waals surface area contributed by atoms with Gasteiger partial charge in [-0.2, -0.15) is 4.99 Å². The fourth-order valence-corrected chi connectivity index (χ4v) is 3.63. The minimum atomic E-state index is -3.69. The van der Waals surface area contributed by atoms with E-state index in [1.165, 1.54) is 28.4 Å². The number of carbonyl (C=O) groups excluding carboxylic acids is 1. The van der Waals surface area contributed by atoms with Gasteiger partial charge < -0.3 is 14.4 Å². The average Bonchev–Trinajstić information content (AvgIpc) is 3.19. The van der Waals surface area contributed by atoms with Crippen molar-refractivity contribution in [1.82, 2.24) is 14.5 Å². The van der Waals surface area contributed by atoms with Crippen molar-refractivity contribution >= 4 is 17.4 Å². The molecule has 0 saturated heterocycles. The molecule has 4 rings (SSSR count). The molecular formula is C19H16F2N4O3S. The molecule has 10 heteroatoms. The van der Waals surface area contributed by atoms with Crippen LogP contribution < -0.4 is 14.3 Å². The number of thiazole rings is 1. The third kappa shape index (κ3) is 4.11. The quantitative estimate of drug-likeness (QED) is 0.650. The van der Waals surface area contributed by atoms with Crippen LogP contribution in [-0.4, -0.2) is 33.8 Å². The zero-order chi connectivity index (χ0) is 20.6. The van der Waals surface area contributed by atoms with Crippen molar-refractivity contribution in [3.8, 4) is 17.2 Å². The number of fused-ring (bicyclic) bond motifs is 1. The van der Waals surface area contributed by atoms with Crippen LogP contribution in [-0.2, 0) is 6.54 Å². The van der Waals surface area contributed by atoms with Gasteiger partial charge >= 0.3 is 12.3 Å². The number of aryl methyl sites for hydroxylation is 1. The molecule has 0 radical (unpaired) electrons. The molecule has 0 bridgehead atoms. The predicted molar refractivity (Wildman–Crippen MR) is 101 cm³/mol. The van der Waals surface area contributed by atoms with Gasteiger partial charge in [-0.05, 0) is 36.8 Å². The van der Waals surface area contributed by atoms with Gasteiger partial charge in [0.2, 0.25) is 0 Å². The normalized spacial score (nSPS) is 14.8. The highest BCUT2D eigenvalue weighted by molar-refractivity contribution is 7.09. The maximum absolute atomic E-state index is 13.3. The summed E-state index contributed by atoms with van der Waals surface area (Å²) >= 11 is 1.31. The number of urea groups is 1. The van der Waals surface area contributed by atoms with Crippen LogP contribution in [0.15, 0.2) is 53.9 Å². The minimum Gasteiger partial charge on any atom is -0.395 e. The lowest BCUT2D eigenvalue weighted by Gasteiger charge is -2.13. The Morgan fingerprint density at radius 3 is 2.72 bits per heavy atom. The van der Waals surface area contributed by atoms with E-state index in [2.05, 4.69) is 19.5 Å². The largest absolute Gasteiger partial charge is 0.586 e. The molecule has 2 amide bonds. The Hall–Kier alpha value is -3.27. The summed E-state index contributed by atoms with van der Waals surface area (Å²) < 4.78 is 37.1. The number of alkyl halides is 2. The molecule has 1 aliphatic heterocycles. The van der Waals surface area contributed by atoms with E-state index in [0.717, 1.165) is 10.4 Å². The van der Waals surface area contributed by atoms with Gasteiger partial charge in [0.25, 0.3) is 0 Å². The Kier molecular flexibility index (Phi) is 4.79. The molecular weight excluding hydrogens is 402 g/mol. The van der Waals surface area contributed by atoms with Crippen molar-refractivity contribution in [3.05, 3.63) is 64.2 Å². The van der Waals surface area contributed by atoms with Gasteiger partial charge in [-0.15, -0.1) is 20.1 Å². The lowest BCUT2D eigenvalue weighted by Crippen LogP contribution is -2.26. The molecule has 0 saturated carbocycles. The first-order chi connectivity index (χ1) is 13.8. The van der Waals surface area contributed by atoms with Crippen LogP contribution >= 0.6 is 11.3 Å². The number of aromatic nitrogens is 2. The van der Waals surface area contributed by atoms with Crippen LogP contribution in [0.5, 0.6) is 11.5 Å². The summed E-state index contributed by atoms with van der Waals surface area (Å²) in [7, 11) is 1.65. The summed E-state index contributed by atoms with van der Waals surface area (Å²) in [5, 5.41) is 0. The molecule has 0 spiro atoms. The van der Waals surface area contributed by atoms with Crippen molar-refractivity contribution in [2.24, 2.45) is 4.99 Å². The zero-order valence-electron chi connectivity index (χ0n) is 15.5. The molecule has 29 heavy (non-hydrogen) atoms.